The zero-order valence-corrected chi connectivity index (χ0v) is 9.74. The molecule has 1 aromatic rings. The molecule has 0 fully saturated rings. The number of nitrogens with zero attached hydrogens (tertiary/aromatic N) is 1. The molecule has 1 atom stereocenters. The van der Waals surface area contributed by atoms with E-state index in [1.54, 1.807) is 19.1 Å². The zero-order valence-electron chi connectivity index (χ0n) is 7.58. The van der Waals surface area contributed by atoms with Crippen LogP contribution in [0.25, 0.3) is 0 Å². The van der Waals surface area contributed by atoms with Gasteiger partial charge >= 0.3 is 0 Å². The topological polar surface area (TPSA) is 22.0 Å². The monoisotopic (exact) mass is 313 g/mol. The molecule has 1 heterocycles. The predicted molar refractivity (Wildman–Crippen MR) is 58.8 cm³/mol. The van der Waals surface area contributed by atoms with Crippen molar-refractivity contribution in [3.63, 3.8) is 0 Å². The first-order chi connectivity index (χ1) is 6.52. The quantitative estimate of drug-likeness (QED) is 0.787. The van der Waals surface area contributed by atoms with Gasteiger partial charge in [0.1, 0.15) is 0 Å². The summed E-state index contributed by atoms with van der Waals surface area (Å²) in [5, 5.41) is 0. The Morgan fingerprint density at radius 2 is 2.21 bits per heavy atom. The average Bonchev–Trinajstić information content (AvgIpc) is 2.08. The predicted octanol–water partition coefficient (Wildman–Crippen LogP) is 2.67. The molecule has 0 aromatic carbocycles. The number of alkyl halides is 2. The van der Waals surface area contributed by atoms with Crippen molar-refractivity contribution >= 4 is 22.6 Å². The molecule has 2 nitrogen and oxygen atoms in total. The fourth-order valence-corrected chi connectivity index (χ4v) is 1.69. The first-order valence-corrected chi connectivity index (χ1v) is 5.25. The lowest BCUT2D eigenvalue weighted by Gasteiger charge is -2.14. The molecule has 5 heteroatoms. The van der Waals surface area contributed by atoms with E-state index >= 15 is 0 Å². The van der Waals surface area contributed by atoms with Gasteiger partial charge in [-0.2, -0.15) is 0 Å². The Morgan fingerprint density at radius 1 is 1.57 bits per heavy atom. The molecule has 0 bridgehead atoms. The summed E-state index contributed by atoms with van der Waals surface area (Å²) < 4.78 is 26.1. The van der Waals surface area contributed by atoms with Gasteiger partial charge < -0.3 is 4.57 Å². The number of aromatic nitrogens is 1. The van der Waals surface area contributed by atoms with Gasteiger partial charge in [0, 0.05) is 18.7 Å². The maximum absolute atomic E-state index is 12.1. The SMILES string of the molecule is CC(CC(F)F)n1cccc(I)c1=O. The van der Waals surface area contributed by atoms with E-state index in [0.717, 1.165) is 0 Å². The van der Waals surface area contributed by atoms with Gasteiger partial charge in [-0.05, 0) is 41.6 Å². The molecule has 0 aliphatic carbocycles. The normalized spacial score (nSPS) is 13.2. The molecule has 1 aromatic heterocycles. The van der Waals surface area contributed by atoms with E-state index in [4.69, 9.17) is 0 Å². The first-order valence-electron chi connectivity index (χ1n) is 4.17. The van der Waals surface area contributed by atoms with Crippen molar-refractivity contribution in [3.05, 3.63) is 32.3 Å². The smallest absolute Gasteiger partial charge is 0.264 e. The van der Waals surface area contributed by atoms with Crippen LogP contribution in [0.1, 0.15) is 19.4 Å². The number of rotatable bonds is 3. The third kappa shape index (κ3) is 2.76. The van der Waals surface area contributed by atoms with E-state index in [2.05, 4.69) is 0 Å². The third-order valence-corrected chi connectivity index (χ3v) is 2.74. The van der Waals surface area contributed by atoms with Crippen molar-refractivity contribution in [1.82, 2.24) is 4.57 Å². The molecule has 0 amide bonds. The largest absolute Gasteiger partial charge is 0.312 e. The van der Waals surface area contributed by atoms with Crippen molar-refractivity contribution < 1.29 is 8.78 Å². The summed E-state index contributed by atoms with van der Waals surface area (Å²) in [6, 6.07) is 2.89. The highest BCUT2D eigenvalue weighted by Crippen LogP contribution is 2.14. The molecular weight excluding hydrogens is 303 g/mol. The van der Waals surface area contributed by atoms with Crippen LogP contribution in [0.2, 0.25) is 0 Å². The minimum Gasteiger partial charge on any atom is -0.312 e. The van der Waals surface area contributed by atoms with Gasteiger partial charge in [-0.25, -0.2) is 8.78 Å². The van der Waals surface area contributed by atoms with Crippen LogP contribution in [-0.2, 0) is 0 Å². The average molecular weight is 313 g/mol. The van der Waals surface area contributed by atoms with Gasteiger partial charge in [-0.15, -0.1) is 0 Å². The first kappa shape index (κ1) is 11.6. The molecule has 14 heavy (non-hydrogen) atoms. The number of hydrogen-bond acceptors (Lipinski definition) is 1. The maximum atomic E-state index is 12.1. The van der Waals surface area contributed by atoms with Gasteiger partial charge in [-0.1, -0.05) is 0 Å². The Bertz CT molecular complexity index is 364. The van der Waals surface area contributed by atoms with Crippen molar-refractivity contribution in [3.8, 4) is 0 Å². The molecule has 0 N–H and O–H groups in total. The van der Waals surface area contributed by atoms with E-state index in [1.165, 1.54) is 10.8 Å². The summed E-state index contributed by atoms with van der Waals surface area (Å²) in [7, 11) is 0. The molecule has 1 unspecified atom stereocenters. The van der Waals surface area contributed by atoms with Crippen LogP contribution in [0, 0.1) is 3.57 Å². The van der Waals surface area contributed by atoms with Gasteiger partial charge in [-0.3, -0.25) is 4.79 Å². The summed E-state index contributed by atoms with van der Waals surface area (Å²) in [5.41, 5.74) is -0.207. The summed E-state index contributed by atoms with van der Waals surface area (Å²) in [6.45, 7) is 1.61. The standard InChI is InChI=1S/C9H10F2INO/c1-6(5-8(10)11)13-4-2-3-7(12)9(13)14/h2-4,6,8H,5H2,1H3. The summed E-state index contributed by atoms with van der Waals surface area (Å²) in [5.74, 6) is 0. The van der Waals surface area contributed by atoms with Crippen molar-refractivity contribution in [1.29, 1.82) is 0 Å². The van der Waals surface area contributed by atoms with E-state index in [0.29, 0.717) is 3.57 Å². The third-order valence-electron chi connectivity index (χ3n) is 1.92. The summed E-state index contributed by atoms with van der Waals surface area (Å²) in [4.78, 5) is 11.5. The van der Waals surface area contributed by atoms with Crippen LogP contribution in [0.3, 0.4) is 0 Å². The lowest BCUT2D eigenvalue weighted by Crippen LogP contribution is -2.25. The van der Waals surface area contributed by atoms with Crippen LogP contribution in [-0.4, -0.2) is 11.0 Å². The van der Waals surface area contributed by atoms with Crippen LogP contribution in [0.4, 0.5) is 8.78 Å². The molecule has 0 saturated carbocycles. The Labute approximate surface area is 94.1 Å². The van der Waals surface area contributed by atoms with Crippen molar-refractivity contribution in [2.45, 2.75) is 25.8 Å². The Morgan fingerprint density at radius 3 is 2.79 bits per heavy atom. The van der Waals surface area contributed by atoms with Crippen molar-refractivity contribution in [2.75, 3.05) is 0 Å². The van der Waals surface area contributed by atoms with Crippen LogP contribution < -0.4 is 5.56 Å². The number of hydrogen-bond donors (Lipinski definition) is 0. The van der Waals surface area contributed by atoms with E-state index < -0.39 is 12.5 Å². The molecule has 1 rings (SSSR count). The summed E-state index contributed by atoms with van der Waals surface area (Å²) in [6.07, 6.45) is -1.13. The fraction of sp³-hybridized carbons (Fsp3) is 0.444. The second-order valence-corrected chi connectivity index (χ2v) is 4.21. The molecule has 0 radical (unpaired) electrons. The van der Waals surface area contributed by atoms with E-state index in [9.17, 15) is 13.6 Å². The second-order valence-electron chi connectivity index (χ2n) is 3.04. The minimum atomic E-state index is -2.38. The molecule has 78 valence electrons. The van der Waals surface area contributed by atoms with Crippen molar-refractivity contribution in [2.24, 2.45) is 0 Å². The van der Waals surface area contributed by atoms with Gasteiger partial charge in [0.25, 0.3) is 5.56 Å². The Balaban J connectivity index is 2.96. The number of pyridine rings is 1. The van der Waals surface area contributed by atoms with E-state index in [1.807, 2.05) is 22.6 Å². The summed E-state index contributed by atoms with van der Waals surface area (Å²) >= 11 is 1.90. The highest BCUT2D eigenvalue weighted by Gasteiger charge is 2.13. The lowest BCUT2D eigenvalue weighted by atomic mass is 10.2. The Hall–Kier alpha value is -0.460. The van der Waals surface area contributed by atoms with Gasteiger partial charge in [0.2, 0.25) is 6.43 Å². The van der Waals surface area contributed by atoms with E-state index in [-0.39, 0.29) is 12.0 Å². The van der Waals surface area contributed by atoms with Crippen LogP contribution >= 0.6 is 22.6 Å². The number of halogens is 3. The Kier molecular flexibility index (Phi) is 4.03. The maximum Gasteiger partial charge on any atom is 0.264 e. The van der Waals surface area contributed by atoms with Crippen LogP contribution in [0.5, 0.6) is 0 Å². The highest BCUT2D eigenvalue weighted by molar-refractivity contribution is 14.1. The lowest BCUT2D eigenvalue weighted by molar-refractivity contribution is 0.119. The molecule has 0 saturated heterocycles. The van der Waals surface area contributed by atoms with Crippen LogP contribution in [0.15, 0.2) is 23.1 Å². The minimum absolute atomic E-state index is 0.207. The molecule has 0 aliphatic rings. The molecular formula is C9H10F2INO. The molecule has 0 aliphatic heterocycles. The van der Waals surface area contributed by atoms with Gasteiger partial charge in [0.15, 0.2) is 0 Å². The van der Waals surface area contributed by atoms with Gasteiger partial charge in [0.05, 0.1) is 3.57 Å². The highest BCUT2D eigenvalue weighted by atomic mass is 127. The molecule has 0 spiro atoms. The fourth-order valence-electron chi connectivity index (χ4n) is 1.20. The second kappa shape index (κ2) is 4.86. The zero-order chi connectivity index (χ0) is 10.7.